The van der Waals surface area contributed by atoms with Gasteiger partial charge >= 0.3 is 0 Å². The number of nitrogens with one attached hydrogen (secondary N) is 1. The lowest BCUT2D eigenvalue weighted by atomic mass is 10.1. The van der Waals surface area contributed by atoms with Gasteiger partial charge in [-0.1, -0.05) is 65.1 Å². The van der Waals surface area contributed by atoms with Crippen LogP contribution >= 0.6 is 34.8 Å². The maximum Gasteiger partial charge on any atom is 0.129 e. The van der Waals surface area contributed by atoms with Gasteiger partial charge < -0.3 is 9.88 Å². The minimum Gasteiger partial charge on any atom is -0.343 e. The van der Waals surface area contributed by atoms with Gasteiger partial charge in [0.1, 0.15) is 5.82 Å². The van der Waals surface area contributed by atoms with E-state index in [1.807, 2.05) is 34.9 Å². The highest BCUT2D eigenvalue weighted by molar-refractivity contribution is 6.35. The number of hydrogen-bond acceptors (Lipinski definition) is 1. The molecule has 3 aromatic carbocycles. The summed E-state index contributed by atoms with van der Waals surface area (Å²) in [6.45, 7) is 1.86. The van der Waals surface area contributed by atoms with E-state index in [2.05, 4.69) is 17.6 Å². The van der Waals surface area contributed by atoms with Crippen molar-refractivity contribution in [1.29, 1.82) is 0 Å². The summed E-state index contributed by atoms with van der Waals surface area (Å²) in [7, 11) is 0. The maximum absolute atomic E-state index is 14.3. The Labute approximate surface area is 190 Å². The normalized spacial score (nSPS) is 11.3. The summed E-state index contributed by atoms with van der Waals surface area (Å²) in [5.41, 5.74) is 3.76. The summed E-state index contributed by atoms with van der Waals surface area (Å²) in [5.74, 6) is -0.292. The van der Waals surface area contributed by atoms with Crippen molar-refractivity contribution >= 4 is 45.7 Å². The van der Waals surface area contributed by atoms with E-state index in [9.17, 15) is 4.39 Å². The summed E-state index contributed by atoms with van der Waals surface area (Å²) in [6.07, 6.45) is 2.87. The minimum atomic E-state index is -0.292. The van der Waals surface area contributed by atoms with Crippen molar-refractivity contribution < 1.29 is 4.39 Å². The molecule has 6 heteroatoms. The van der Waals surface area contributed by atoms with Crippen LogP contribution in [0.5, 0.6) is 0 Å². The number of halogens is 4. The first-order chi connectivity index (χ1) is 14.5. The molecule has 0 saturated heterocycles. The Morgan fingerprint density at radius 3 is 2.50 bits per heavy atom. The van der Waals surface area contributed by atoms with Crippen LogP contribution < -0.4 is 5.32 Å². The molecule has 154 valence electrons. The first-order valence-electron chi connectivity index (χ1n) is 9.67. The Morgan fingerprint density at radius 1 is 0.867 bits per heavy atom. The number of para-hydroxylation sites is 1. The standard InChI is InChI=1S/C24H20Cl3FN2/c25-18-9-8-16(22(27)12-18)10-11-29-13-17-14-30(24-7-2-1-4-19(17)24)15-20-21(26)5-3-6-23(20)28/h1-9,12,14,29H,10-11,13,15H2. The largest absolute Gasteiger partial charge is 0.343 e. The van der Waals surface area contributed by atoms with E-state index in [4.69, 9.17) is 34.8 Å². The van der Waals surface area contributed by atoms with Crippen LogP contribution in [0, 0.1) is 5.82 Å². The van der Waals surface area contributed by atoms with E-state index in [1.165, 1.54) is 6.07 Å². The molecule has 1 N–H and O–H groups in total. The van der Waals surface area contributed by atoms with Crippen molar-refractivity contribution in [3.8, 4) is 0 Å². The molecule has 0 spiro atoms. The van der Waals surface area contributed by atoms with Crippen LogP contribution in [0.3, 0.4) is 0 Å². The predicted molar refractivity (Wildman–Crippen MR) is 124 cm³/mol. The van der Waals surface area contributed by atoms with E-state index in [1.54, 1.807) is 18.2 Å². The Morgan fingerprint density at radius 2 is 1.70 bits per heavy atom. The summed E-state index contributed by atoms with van der Waals surface area (Å²) < 4.78 is 16.3. The number of benzene rings is 3. The first-order valence-corrected chi connectivity index (χ1v) is 10.8. The van der Waals surface area contributed by atoms with Gasteiger partial charge in [0.25, 0.3) is 0 Å². The van der Waals surface area contributed by atoms with Crippen molar-refractivity contribution in [2.45, 2.75) is 19.5 Å². The van der Waals surface area contributed by atoms with Gasteiger partial charge in [0.15, 0.2) is 0 Å². The topological polar surface area (TPSA) is 17.0 Å². The predicted octanol–water partition coefficient (Wildman–Crippen LogP) is 7.12. The lowest BCUT2D eigenvalue weighted by Crippen LogP contribution is -2.16. The summed E-state index contributed by atoms with van der Waals surface area (Å²) in [5, 5.41) is 6.38. The molecule has 0 aliphatic carbocycles. The van der Waals surface area contributed by atoms with Crippen LogP contribution in [-0.2, 0) is 19.5 Å². The number of fused-ring (bicyclic) bond motifs is 1. The van der Waals surface area contributed by atoms with Crippen LogP contribution in [0.4, 0.5) is 4.39 Å². The zero-order valence-electron chi connectivity index (χ0n) is 16.1. The molecule has 0 saturated carbocycles. The van der Waals surface area contributed by atoms with E-state index in [0.717, 1.165) is 35.0 Å². The van der Waals surface area contributed by atoms with Gasteiger partial charge in [0, 0.05) is 44.3 Å². The molecule has 4 aromatic rings. The van der Waals surface area contributed by atoms with Crippen molar-refractivity contribution in [1.82, 2.24) is 9.88 Å². The lowest BCUT2D eigenvalue weighted by Gasteiger charge is -2.08. The average Bonchev–Trinajstić information content (AvgIpc) is 3.07. The molecule has 0 fully saturated rings. The molecule has 1 aromatic heterocycles. The highest BCUT2D eigenvalue weighted by Gasteiger charge is 2.12. The third-order valence-electron chi connectivity index (χ3n) is 5.16. The van der Waals surface area contributed by atoms with Gasteiger partial charge in [0.05, 0.1) is 6.54 Å². The van der Waals surface area contributed by atoms with E-state index < -0.39 is 0 Å². The van der Waals surface area contributed by atoms with Crippen LogP contribution in [0.25, 0.3) is 10.9 Å². The van der Waals surface area contributed by atoms with Crippen molar-refractivity contribution in [2.24, 2.45) is 0 Å². The van der Waals surface area contributed by atoms with Gasteiger partial charge in [-0.2, -0.15) is 0 Å². The molecular weight excluding hydrogens is 442 g/mol. The molecule has 1 heterocycles. The molecule has 0 bridgehead atoms. The fourth-order valence-electron chi connectivity index (χ4n) is 3.62. The Kier molecular flexibility index (Phi) is 6.64. The van der Waals surface area contributed by atoms with Crippen molar-refractivity contribution in [2.75, 3.05) is 6.54 Å². The summed E-state index contributed by atoms with van der Waals surface area (Å²) in [4.78, 5) is 0. The maximum atomic E-state index is 14.3. The number of hydrogen-bond donors (Lipinski definition) is 1. The monoisotopic (exact) mass is 460 g/mol. The first kappa shape index (κ1) is 21.2. The molecule has 4 rings (SSSR count). The van der Waals surface area contributed by atoms with E-state index in [0.29, 0.717) is 33.7 Å². The second-order valence-electron chi connectivity index (χ2n) is 7.16. The molecule has 30 heavy (non-hydrogen) atoms. The van der Waals surface area contributed by atoms with Gasteiger partial charge in [0.2, 0.25) is 0 Å². The SMILES string of the molecule is Fc1cccc(Cl)c1Cn1cc(CNCCc2ccc(Cl)cc2Cl)c2ccccc21. The second kappa shape index (κ2) is 9.40. The summed E-state index contributed by atoms with van der Waals surface area (Å²) >= 11 is 18.4. The average molecular weight is 462 g/mol. The zero-order chi connectivity index (χ0) is 21.1. The quantitative estimate of drug-likeness (QED) is 0.290. The van der Waals surface area contributed by atoms with Crippen LogP contribution in [-0.4, -0.2) is 11.1 Å². The van der Waals surface area contributed by atoms with Gasteiger partial charge in [-0.15, -0.1) is 0 Å². The van der Waals surface area contributed by atoms with Gasteiger partial charge in [-0.05, 0) is 54.4 Å². The lowest BCUT2D eigenvalue weighted by molar-refractivity contribution is 0.601. The highest BCUT2D eigenvalue weighted by atomic mass is 35.5. The van der Waals surface area contributed by atoms with Gasteiger partial charge in [-0.3, -0.25) is 0 Å². The molecule has 2 nitrogen and oxygen atoms in total. The molecule has 0 amide bonds. The van der Waals surface area contributed by atoms with Gasteiger partial charge in [-0.25, -0.2) is 4.39 Å². The molecule has 0 aliphatic rings. The Balaban J connectivity index is 1.49. The fraction of sp³-hybridized carbons (Fsp3) is 0.167. The smallest absolute Gasteiger partial charge is 0.129 e. The number of nitrogens with zero attached hydrogens (tertiary/aromatic N) is 1. The summed E-state index contributed by atoms with van der Waals surface area (Å²) in [6, 6.07) is 18.5. The van der Waals surface area contributed by atoms with E-state index in [-0.39, 0.29) is 5.82 Å². The zero-order valence-corrected chi connectivity index (χ0v) is 18.4. The number of aromatic nitrogens is 1. The molecule has 0 atom stereocenters. The molecular formula is C24H20Cl3FN2. The van der Waals surface area contributed by atoms with E-state index >= 15 is 0 Å². The Hall–Kier alpha value is -2.04. The molecule has 0 aliphatic heterocycles. The minimum absolute atomic E-state index is 0.292. The Bertz CT molecular complexity index is 1170. The highest BCUT2D eigenvalue weighted by Crippen LogP contribution is 2.26. The van der Waals surface area contributed by atoms with Crippen LogP contribution in [0.15, 0.2) is 66.9 Å². The third kappa shape index (κ3) is 4.65. The van der Waals surface area contributed by atoms with Crippen LogP contribution in [0.1, 0.15) is 16.7 Å². The van der Waals surface area contributed by atoms with Crippen molar-refractivity contribution in [3.05, 3.63) is 104 Å². The van der Waals surface area contributed by atoms with Crippen LogP contribution in [0.2, 0.25) is 15.1 Å². The molecule has 0 radical (unpaired) electrons. The number of rotatable bonds is 7. The second-order valence-corrected chi connectivity index (χ2v) is 8.41. The van der Waals surface area contributed by atoms with Crippen molar-refractivity contribution in [3.63, 3.8) is 0 Å². The third-order valence-corrected chi connectivity index (χ3v) is 6.10. The fourth-order valence-corrected chi connectivity index (χ4v) is 4.34. The molecule has 0 unspecified atom stereocenters.